The fourth-order valence-electron chi connectivity index (χ4n) is 2.78. The number of rotatable bonds is 2. The van der Waals surface area contributed by atoms with Crippen molar-refractivity contribution in [3.8, 4) is 0 Å². The van der Waals surface area contributed by atoms with Crippen molar-refractivity contribution in [1.82, 2.24) is 9.55 Å². The smallest absolute Gasteiger partial charge is 0.263 e. The summed E-state index contributed by atoms with van der Waals surface area (Å²) >= 11 is 6.96. The van der Waals surface area contributed by atoms with Crippen LogP contribution in [0.1, 0.15) is 23.8 Å². The molecule has 0 spiro atoms. The topological polar surface area (TPSA) is 47.0 Å². The molecule has 0 aliphatic carbocycles. The summed E-state index contributed by atoms with van der Waals surface area (Å²) in [6, 6.07) is 0. The molecule has 1 aliphatic heterocycles. The van der Waals surface area contributed by atoms with Crippen molar-refractivity contribution in [1.29, 1.82) is 0 Å². The largest absolute Gasteiger partial charge is 0.378 e. The highest BCUT2D eigenvalue weighted by Gasteiger charge is 2.25. The van der Waals surface area contributed by atoms with Gasteiger partial charge in [-0.15, -0.1) is 11.3 Å². The van der Waals surface area contributed by atoms with E-state index in [9.17, 15) is 4.79 Å². The molecule has 0 amide bonds. The van der Waals surface area contributed by atoms with E-state index >= 15 is 0 Å². The molecule has 0 bridgehead atoms. The van der Waals surface area contributed by atoms with Crippen LogP contribution in [0.5, 0.6) is 0 Å². The predicted molar refractivity (Wildman–Crippen MR) is 84.3 cm³/mol. The van der Waals surface area contributed by atoms with Gasteiger partial charge in [0.25, 0.3) is 5.56 Å². The Morgan fingerprint density at radius 3 is 2.90 bits per heavy atom. The molecule has 4 nitrogen and oxygen atoms in total. The zero-order valence-electron chi connectivity index (χ0n) is 11.9. The van der Waals surface area contributed by atoms with Crippen LogP contribution in [0.3, 0.4) is 0 Å². The van der Waals surface area contributed by atoms with E-state index < -0.39 is 0 Å². The van der Waals surface area contributed by atoms with Gasteiger partial charge in [-0.3, -0.25) is 9.36 Å². The van der Waals surface area contributed by atoms with Gasteiger partial charge >= 0.3 is 0 Å². The Bertz CT molecular complexity index is 772. The molecule has 1 aliphatic rings. The summed E-state index contributed by atoms with van der Waals surface area (Å²) in [4.78, 5) is 18.0. The number of thiophene rings is 1. The van der Waals surface area contributed by atoms with Crippen LogP contribution >= 0.6 is 23.6 Å². The van der Waals surface area contributed by atoms with E-state index in [0.717, 1.165) is 33.7 Å². The molecule has 2 atom stereocenters. The number of aromatic nitrogens is 2. The minimum atomic E-state index is 0.0321. The molecule has 1 fully saturated rings. The summed E-state index contributed by atoms with van der Waals surface area (Å²) in [5, 5.41) is 0.785. The fourth-order valence-corrected chi connectivity index (χ4v) is 4.16. The third kappa shape index (κ3) is 2.16. The van der Waals surface area contributed by atoms with E-state index in [1.54, 1.807) is 15.9 Å². The van der Waals surface area contributed by atoms with Crippen molar-refractivity contribution in [3.63, 3.8) is 0 Å². The second kappa shape index (κ2) is 5.09. The van der Waals surface area contributed by atoms with Gasteiger partial charge in [-0.05, 0) is 45.0 Å². The second-order valence-electron chi connectivity index (χ2n) is 5.46. The van der Waals surface area contributed by atoms with E-state index in [4.69, 9.17) is 17.0 Å². The summed E-state index contributed by atoms with van der Waals surface area (Å²) in [6.45, 7) is 7.51. The minimum absolute atomic E-state index is 0.0321. The summed E-state index contributed by atoms with van der Waals surface area (Å²) in [6.07, 6.45) is 1.18. The molecule has 108 valence electrons. The van der Waals surface area contributed by atoms with Crippen LogP contribution in [0.15, 0.2) is 4.79 Å². The van der Waals surface area contributed by atoms with Crippen LogP contribution in [0, 0.1) is 24.5 Å². The summed E-state index contributed by atoms with van der Waals surface area (Å²) in [5.74, 6) is 0.361. The summed E-state index contributed by atoms with van der Waals surface area (Å²) in [5.41, 5.74) is 1.09. The van der Waals surface area contributed by atoms with Crippen LogP contribution in [-0.4, -0.2) is 22.3 Å². The standard InChI is InChI=1S/C14H18N2O2S2/c1-7-9(3)20-12-11(7)13(17)16(14(19)15-12)6-10-4-5-18-8(10)2/h8,10H,4-6H2,1-3H3,(H,15,19). The van der Waals surface area contributed by atoms with Crippen LogP contribution < -0.4 is 5.56 Å². The molecule has 0 radical (unpaired) electrons. The number of H-pyrrole nitrogens is 1. The van der Waals surface area contributed by atoms with Gasteiger partial charge in [0, 0.05) is 23.9 Å². The lowest BCUT2D eigenvalue weighted by Crippen LogP contribution is -2.28. The van der Waals surface area contributed by atoms with Crippen molar-refractivity contribution >= 4 is 33.8 Å². The highest BCUT2D eigenvalue weighted by atomic mass is 32.1. The Labute approximate surface area is 126 Å². The van der Waals surface area contributed by atoms with Gasteiger partial charge in [-0.2, -0.15) is 0 Å². The number of nitrogens with zero attached hydrogens (tertiary/aromatic N) is 1. The molecular formula is C14H18N2O2S2. The maximum Gasteiger partial charge on any atom is 0.263 e. The zero-order chi connectivity index (χ0) is 14.4. The Hall–Kier alpha value is -0.980. The SMILES string of the molecule is Cc1sc2[nH]c(=S)n(CC3CCOC3C)c(=O)c2c1C. The third-order valence-corrected chi connectivity index (χ3v) is 5.71. The van der Waals surface area contributed by atoms with E-state index in [2.05, 4.69) is 11.9 Å². The normalized spacial score (nSPS) is 22.8. The highest BCUT2D eigenvalue weighted by molar-refractivity contribution is 7.71. The maximum absolute atomic E-state index is 12.7. The summed E-state index contributed by atoms with van der Waals surface area (Å²) in [7, 11) is 0. The molecule has 2 aromatic rings. The first-order chi connectivity index (χ1) is 9.49. The van der Waals surface area contributed by atoms with E-state index in [0.29, 0.717) is 17.2 Å². The Kier molecular flexibility index (Phi) is 3.56. The Morgan fingerprint density at radius 1 is 1.50 bits per heavy atom. The monoisotopic (exact) mass is 310 g/mol. The fraction of sp³-hybridized carbons (Fsp3) is 0.571. The first kappa shape index (κ1) is 14.0. The molecule has 2 aromatic heterocycles. The van der Waals surface area contributed by atoms with Gasteiger partial charge in [-0.25, -0.2) is 0 Å². The maximum atomic E-state index is 12.7. The molecule has 3 heterocycles. The lowest BCUT2D eigenvalue weighted by Gasteiger charge is -2.15. The van der Waals surface area contributed by atoms with E-state index in [1.165, 1.54) is 0 Å². The second-order valence-corrected chi connectivity index (χ2v) is 7.07. The van der Waals surface area contributed by atoms with Crippen molar-refractivity contribution in [2.45, 2.75) is 39.8 Å². The zero-order valence-corrected chi connectivity index (χ0v) is 13.5. The molecule has 1 N–H and O–H groups in total. The number of fused-ring (bicyclic) bond motifs is 1. The van der Waals surface area contributed by atoms with Crippen molar-refractivity contribution in [2.75, 3.05) is 6.61 Å². The van der Waals surface area contributed by atoms with Crippen molar-refractivity contribution in [3.05, 3.63) is 25.6 Å². The van der Waals surface area contributed by atoms with Gasteiger partial charge < -0.3 is 9.72 Å². The Morgan fingerprint density at radius 2 is 2.25 bits per heavy atom. The number of ether oxygens (including phenoxy) is 1. The highest BCUT2D eigenvalue weighted by Crippen LogP contribution is 2.27. The number of hydrogen-bond acceptors (Lipinski definition) is 4. The molecule has 3 rings (SSSR count). The van der Waals surface area contributed by atoms with Gasteiger partial charge in [0.15, 0.2) is 4.77 Å². The van der Waals surface area contributed by atoms with E-state index in [-0.39, 0.29) is 11.7 Å². The molecule has 20 heavy (non-hydrogen) atoms. The summed E-state index contributed by atoms with van der Waals surface area (Å²) < 4.78 is 7.79. The molecule has 0 saturated carbocycles. The van der Waals surface area contributed by atoms with Crippen LogP contribution in [0.2, 0.25) is 0 Å². The lowest BCUT2D eigenvalue weighted by molar-refractivity contribution is 0.101. The molecule has 6 heteroatoms. The van der Waals surface area contributed by atoms with Crippen LogP contribution in [-0.2, 0) is 11.3 Å². The van der Waals surface area contributed by atoms with Gasteiger partial charge in [-0.1, -0.05) is 0 Å². The molecular weight excluding hydrogens is 292 g/mol. The first-order valence-electron chi connectivity index (χ1n) is 6.83. The van der Waals surface area contributed by atoms with Crippen molar-refractivity contribution < 1.29 is 4.74 Å². The molecule has 0 aromatic carbocycles. The van der Waals surface area contributed by atoms with Gasteiger partial charge in [0.1, 0.15) is 4.83 Å². The average Bonchev–Trinajstić information content (AvgIpc) is 2.90. The van der Waals surface area contributed by atoms with Crippen LogP contribution in [0.4, 0.5) is 0 Å². The number of nitrogens with one attached hydrogen (secondary N) is 1. The number of aryl methyl sites for hydroxylation is 2. The quantitative estimate of drug-likeness (QED) is 0.867. The predicted octanol–water partition coefficient (Wildman–Crippen LogP) is 3.16. The lowest BCUT2D eigenvalue weighted by atomic mass is 10.0. The van der Waals surface area contributed by atoms with Gasteiger partial charge in [0.05, 0.1) is 11.5 Å². The molecule has 2 unspecified atom stereocenters. The van der Waals surface area contributed by atoms with Crippen LogP contribution in [0.25, 0.3) is 10.2 Å². The first-order valence-corrected chi connectivity index (χ1v) is 8.06. The third-order valence-electron chi connectivity index (χ3n) is 4.26. The average molecular weight is 310 g/mol. The van der Waals surface area contributed by atoms with Gasteiger partial charge in [0.2, 0.25) is 0 Å². The van der Waals surface area contributed by atoms with Crippen molar-refractivity contribution in [2.24, 2.45) is 5.92 Å². The number of aromatic amines is 1. The Balaban J connectivity index is 2.13. The minimum Gasteiger partial charge on any atom is -0.378 e. The molecule has 1 saturated heterocycles. The number of hydrogen-bond donors (Lipinski definition) is 1. The van der Waals surface area contributed by atoms with E-state index in [1.807, 2.05) is 13.8 Å².